The normalized spacial score (nSPS) is 31.6. The van der Waals surface area contributed by atoms with Gasteiger partial charge in [-0.2, -0.15) is 0 Å². The molecule has 3 N–H and O–H groups in total. The Morgan fingerprint density at radius 1 is 1.40 bits per heavy atom. The summed E-state index contributed by atoms with van der Waals surface area (Å²) in [6.45, 7) is 10.0. The third kappa shape index (κ3) is 5.08. The summed E-state index contributed by atoms with van der Waals surface area (Å²) in [4.78, 5) is 4.38. The Morgan fingerprint density at radius 2 is 2.20 bits per heavy atom. The van der Waals surface area contributed by atoms with Gasteiger partial charge in [0.05, 0.1) is 12.7 Å². The zero-order chi connectivity index (χ0) is 18.3. The van der Waals surface area contributed by atoms with Crippen LogP contribution in [0.2, 0.25) is 0 Å². The van der Waals surface area contributed by atoms with Crippen LogP contribution in [0.3, 0.4) is 0 Å². The molecule has 1 aliphatic carbocycles. The largest absolute Gasteiger partial charge is 0.396 e. The Balaban J connectivity index is 1.80. The minimum absolute atomic E-state index is 0.0211. The van der Waals surface area contributed by atoms with Gasteiger partial charge in [-0.25, -0.2) is 0 Å². The topological polar surface area (TPSA) is 75.1 Å². The fourth-order valence-corrected chi connectivity index (χ4v) is 3.73. The van der Waals surface area contributed by atoms with Gasteiger partial charge in [0.25, 0.3) is 0 Å². The molecule has 0 aromatic rings. The highest BCUT2D eigenvalue weighted by Gasteiger charge is 2.49. The van der Waals surface area contributed by atoms with Crippen LogP contribution in [-0.4, -0.2) is 63.2 Å². The molecule has 2 aliphatic rings. The SMILES string of the molecule is CCCCOC1CC(NC(=NC)NCC2(CCO)CCOC2)C1(C)C. The maximum atomic E-state index is 9.35. The summed E-state index contributed by atoms with van der Waals surface area (Å²) in [7, 11) is 1.81. The summed E-state index contributed by atoms with van der Waals surface area (Å²) in [6.07, 6.45) is 5.38. The summed E-state index contributed by atoms with van der Waals surface area (Å²) in [5, 5.41) is 16.4. The second-order valence-electron chi connectivity index (χ2n) is 8.17. The highest BCUT2D eigenvalue weighted by Crippen LogP contribution is 2.42. The van der Waals surface area contributed by atoms with Crippen LogP contribution in [0.15, 0.2) is 4.99 Å². The highest BCUT2D eigenvalue weighted by molar-refractivity contribution is 5.80. The Labute approximate surface area is 152 Å². The molecule has 146 valence electrons. The van der Waals surface area contributed by atoms with Crippen LogP contribution < -0.4 is 10.6 Å². The number of nitrogens with zero attached hydrogens (tertiary/aromatic N) is 1. The summed E-state index contributed by atoms with van der Waals surface area (Å²) < 4.78 is 11.6. The Morgan fingerprint density at radius 3 is 2.76 bits per heavy atom. The van der Waals surface area contributed by atoms with E-state index in [1.54, 1.807) is 7.05 Å². The maximum Gasteiger partial charge on any atom is 0.191 e. The first-order valence-corrected chi connectivity index (χ1v) is 9.75. The zero-order valence-corrected chi connectivity index (χ0v) is 16.4. The predicted octanol–water partition coefficient (Wildman–Crippen LogP) is 1.92. The average molecular weight is 356 g/mol. The van der Waals surface area contributed by atoms with Crippen molar-refractivity contribution in [3.8, 4) is 0 Å². The molecular weight excluding hydrogens is 318 g/mol. The molecule has 1 heterocycles. The van der Waals surface area contributed by atoms with E-state index in [4.69, 9.17) is 9.47 Å². The molecule has 0 amide bonds. The van der Waals surface area contributed by atoms with Gasteiger partial charge < -0.3 is 25.2 Å². The monoisotopic (exact) mass is 355 g/mol. The third-order valence-electron chi connectivity index (χ3n) is 5.99. The average Bonchev–Trinajstić information content (AvgIpc) is 3.05. The molecule has 1 saturated carbocycles. The van der Waals surface area contributed by atoms with Crippen LogP contribution in [-0.2, 0) is 9.47 Å². The van der Waals surface area contributed by atoms with Gasteiger partial charge in [0.2, 0.25) is 0 Å². The number of aliphatic hydroxyl groups is 1. The lowest BCUT2D eigenvalue weighted by Crippen LogP contribution is -2.64. The number of ether oxygens (including phenoxy) is 2. The van der Waals surface area contributed by atoms with Gasteiger partial charge in [0.15, 0.2) is 5.96 Å². The fraction of sp³-hybridized carbons (Fsp3) is 0.947. The number of hydrogen-bond acceptors (Lipinski definition) is 4. The first-order chi connectivity index (χ1) is 12.0. The Hall–Kier alpha value is -0.850. The number of aliphatic hydroxyl groups excluding tert-OH is 1. The summed E-state index contributed by atoms with van der Waals surface area (Å²) in [5.41, 5.74) is 0.123. The Kier molecular flexibility index (Phi) is 7.52. The molecule has 2 fully saturated rings. The van der Waals surface area contributed by atoms with Crippen molar-refractivity contribution in [2.45, 2.75) is 65.0 Å². The molecule has 3 atom stereocenters. The molecule has 1 saturated heterocycles. The van der Waals surface area contributed by atoms with Crippen LogP contribution >= 0.6 is 0 Å². The zero-order valence-electron chi connectivity index (χ0n) is 16.4. The first-order valence-electron chi connectivity index (χ1n) is 9.75. The number of unbranched alkanes of at least 4 members (excludes halogenated alkanes) is 1. The number of guanidine groups is 1. The predicted molar refractivity (Wildman–Crippen MR) is 101 cm³/mol. The fourth-order valence-electron chi connectivity index (χ4n) is 3.73. The molecule has 0 aromatic heterocycles. The van der Waals surface area contributed by atoms with Gasteiger partial charge in [0.1, 0.15) is 0 Å². The highest BCUT2D eigenvalue weighted by atomic mass is 16.5. The van der Waals surface area contributed by atoms with Crippen molar-refractivity contribution in [2.24, 2.45) is 15.8 Å². The van der Waals surface area contributed by atoms with Crippen molar-refractivity contribution in [1.82, 2.24) is 10.6 Å². The van der Waals surface area contributed by atoms with Crippen LogP contribution in [0.1, 0.15) is 52.9 Å². The van der Waals surface area contributed by atoms with Crippen LogP contribution in [0.25, 0.3) is 0 Å². The van der Waals surface area contributed by atoms with Gasteiger partial charge in [-0.1, -0.05) is 27.2 Å². The number of hydrogen-bond donors (Lipinski definition) is 3. The lowest BCUT2D eigenvalue weighted by molar-refractivity contribution is -0.113. The van der Waals surface area contributed by atoms with E-state index in [2.05, 4.69) is 36.4 Å². The molecule has 0 radical (unpaired) electrons. The number of rotatable bonds is 9. The molecule has 1 aliphatic heterocycles. The molecule has 6 nitrogen and oxygen atoms in total. The standard InChI is InChI=1S/C19H37N3O3/c1-5-6-10-25-16-12-15(18(16,2)3)22-17(20-4)21-13-19(7-9-23)8-11-24-14-19/h15-16,23H,5-14H2,1-4H3,(H2,20,21,22). The number of nitrogens with one attached hydrogen (secondary N) is 2. The van der Waals surface area contributed by atoms with E-state index >= 15 is 0 Å². The quantitative estimate of drug-likeness (QED) is 0.335. The molecule has 0 spiro atoms. The van der Waals surface area contributed by atoms with E-state index < -0.39 is 0 Å². The molecule has 25 heavy (non-hydrogen) atoms. The minimum Gasteiger partial charge on any atom is -0.396 e. The van der Waals surface area contributed by atoms with E-state index in [1.165, 1.54) is 6.42 Å². The molecule has 0 aromatic carbocycles. The van der Waals surface area contributed by atoms with E-state index in [1.807, 2.05) is 0 Å². The molecular formula is C19H37N3O3. The van der Waals surface area contributed by atoms with Crippen molar-refractivity contribution in [3.63, 3.8) is 0 Å². The van der Waals surface area contributed by atoms with E-state index in [0.29, 0.717) is 18.8 Å². The van der Waals surface area contributed by atoms with Crippen molar-refractivity contribution >= 4 is 5.96 Å². The summed E-state index contributed by atoms with van der Waals surface area (Å²) in [6, 6.07) is 0.360. The molecule has 2 rings (SSSR count). The minimum atomic E-state index is 0.0211. The summed E-state index contributed by atoms with van der Waals surface area (Å²) >= 11 is 0. The lowest BCUT2D eigenvalue weighted by Gasteiger charge is -2.52. The van der Waals surface area contributed by atoms with E-state index in [-0.39, 0.29) is 17.4 Å². The smallest absolute Gasteiger partial charge is 0.191 e. The maximum absolute atomic E-state index is 9.35. The lowest BCUT2D eigenvalue weighted by atomic mass is 9.64. The van der Waals surface area contributed by atoms with Gasteiger partial charge in [-0.05, 0) is 25.7 Å². The molecule has 0 bridgehead atoms. The van der Waals surface area contributed by atoms with Crippen LogP contribution in [0.4, 0.5) is 0 Å². The van der Waals surface area contributed by atoms with Crippen LogP contribution in [0.5, 0.6) is 0 Å². The van der Waals surface area contributed by atoms with Crippen molar-refractivity contribution in [3.05, 3.63) is 0 Å². The van der Waals surface area contributed by atoms with Crippen molar-refractivity contribution in [2.75, 3.05) is 40.0 Å². The second kappa shape index (κ2) is 9.19. The third-order valence-corrected chi connectivity index (χ3v) is 5.99. The second-order valence-corrected chi connectivity index (χ2v) is 8.17. The van der Waals surface area contributed by atoms with E-state index in [9.17, 15) is 5.11 Å². The number of aliphatic imine (C=N–C) groups is 1. The van der Waals surface area contributed by atoms with E-state index in [0.717, 1.165) is 51.4 Å². The van der Waals surface area contributed by atoms with Crippen molar-refractivity contribution < 1.29 is 14.6 Å². The van der Waals surface area contributed by atoms with Crippen molar-refractivity contribution in [1.29, 1.82) is 0 Å². The summed E-state index contributed by atoms with van der Waals surface area (Å²) in [5.74, 6) is 0.828. The van der Waals surface area contributed by atoms with Gasteiger partial charge in [-0.3, -0.25) is 4.99 Å². The van der Waals surface area contributed by atoms with Gasteiger partial charge in [0, 0.05) is 50.3 Å². The van der Waals surface area contributed by atoms with Crippen LogP contribution in [0, 0.1) is 10.8 Å². The van der Waals surface area contributed by atoms with Gasteiger partial charge >= 0.3 is 0 Å². The first kappa shape index (κ1) is 20.5. The molecule has 6 heteroatoms. The Bertz CT molecular complexity index is 434. The van der Waals surface area contributed by atoms with Gasteiger partial charge in [-0.15, -0.1) is 0 Å². The molecule has 3 unspecified atom stereocenters.